The van der Waals surface area contributed by atoms with Crippen molar-refractivity contribution in [3.8, 4) is 0 Å². The Bertz CT molecular complexity index is 819. The summed E-state index contributed by atoms with van der Waals surface area (Å²) in [4.78, 5) is 28.3. The highest BCUT2D eigenvalue weighted by Crippen LogP contribution is 2.50. The van der Waals surface area contributed by atoms with Crippen LogP contribution in [0.4, 0.5) is 13.2 Å². The largest absolute Gasteiger partial charge is 0.416 e. The summed E-state index contributed by atoms with van der Waals surface area (Å²) < 4.78 is 39.2. The Kier molecular flexibility index (Phi) is 4.51. The van der Waals surface area contributed by atoms with Crippen LogP contribution in [0, 0.1) is 12.8 Å². The number of hydrogen-bond donors (Lipinski definition) is 2. The topological polar surface area (TPSA) is 71.1 Å². The van der Waals surface area contributed by atoms with Gasteiger partial charge in [-0.2, -0.15) is 13.2 Å². The number of amides is 2. The Hall–Kier alpha value is -2.42. The summed E-state index contributed by atoms with van der Waals surface area (Å²) in [6, 6.07) is 5.24. The first-order valence-corrected chi connectivity index (χ1v) is 8.33. The third kappa shape index (κ3) is 3.65. The second-order valence-electron chi connectivity index (χ2n) is 5.74. The maximum absolute atomic E-state index is 13.1. The molecule has 2 amide bonds. The molecule has 0 bridgehead atoms. The zero-order chi connectivity index (χ0) is 18.2. The van der Waals surface area contributed by atoms with Crippen LogP contribution in [-0.4, -0.2) is 16.8 Å². The number of thiazole rings is 1. The van der Waals surface area contributed by atoms with E-state index in [1.165, 1.54) is 23.7 Å². The molecule has 1 saturated carbocycles. The van der Waals surface area contributed by atoms with Crippen molar-refractivity contribution in [2.45, 2.75) is 25.4 Å². The maximum atomic E-state index is 13.1. The molecule has 1 heterocycles. The number of benzene rings is 1. The molecule has 0 aliphatic heterocycles. The van der Waals surface area contributed by atoms with Crippen molar-refractivity contribution in [3.63, 3.8) is 0 Å². The van der Waals surface area contributed by atoms with Crippen molar-refractivity contribution in [1.29, 1.82) is 0 Å². The van der Waals surface area contributed by atoms with E-state index in [1.54, 1.807) is 6.92 Å². The van der Waals surface area contributed by atoms with E-state index in [2.05, 4.69) is 15.8 Å². The van der Waals surface area contributed by atoms with Crippen LogP contribution in [0.1, 0.15) is 38.8 Å². The number of carbonyl (C=O) groups excluding carboxylic acids is 2. The van der Waals surface area contributed by atoms with Gasteiger partial charge in [0.15, 0.2) is 0 Å². The van der Waals surface area contributed by atoms with Gasteiger partial charge in [0.05, 0.1) is 16.8 Å². The van der Waals surface area contributed by atoms with Gasteiger partial charge in [-0.25, -0.2) is 4.98 Å². The summed E-state index contributed by atoms with van der Waals surface area (Å²) >= 11 is 1.14. The van der Waals surface area contributed by atoms with Crippen molar-refractivity contribution >= 4 is 23.2 Å². The van der Waals surface area contributed by atoms with Crippen LogP contribution in [0.5, 0.6) is 0 Å². The molecule has 3 rings (SSSR count). The van der Waals surface area contributed by atoms with Crippen molar-refractivity contribution in [3.05, 3.63) is 51.5 Å². The fourth-order valence-corrected chi connectivity index (χ4v) is 3.39. The molecule has 25 heavy (non-hydrogen) atoms. The molecule has 0 spiro atoms. The van der Waals surface area contributed by atoms with Crippen LogP contribution in [0.3, 0.4) is 0 Å². The van der Waals surface area contributed by atoms with Gasteiger partial charge in [0, 0.05) is 5.92 Å². The second-order valence-corrected chi connectivity index (χ2v) is 6.60. The third-order valence-electron chi connectivity index (χ3n) is 4.04. The van der Waals surface area contributed by atoms with Crippen molar-refractivity contribution in [2.75, 3.05) is 0 Å². The predicted molar refractivity (Wildman–Crippen MR) is 84.8 cm³/mol. The van der Waals surface area contributed by atoms with E-state index >= 15 is 0 Å². The Morgan fingerprint density at radius 1 is 1.24 bits per heavy atom. The molecule has 2 unspecified atom stereocenters. The average molecular weight is 369 g/mol. The van der Waals surface area contributed by atoms with E-state index in [0.29, 0.717) is 17.0 Å². The molecule has 1 aromatic carbocycles. The maximum Gasteiger partial charge on any atom is 0.416 e. The summed E-state index contributed by atoms with van der Waals surface area (Å²) in [5.74, 6) is -2.09. The molecule has 2 aromatic rings. The first-order chi connectivity index (χ1) is 11.8. The first kappa shape index (κ1) is 17.4. The molecular formula is C16H14F3N3O2S. The van der Waals surface area contributed by atoms with Crippen molar-refractivity contribution in [1.82, 2.24) is 15.8 Å². The van der Waals surface area contributed by atoms with Gasteiger partial charge in [0.25, 0.3) is 5.91 Å². The summed E-state index contributed by atoms with van der Waals surface area (Å²) in [5, 5.41) is 0. The monoisotopic (exact) mass is 369 g/mol. The number of halogens is 3. The van der Waals surface area contributed by atoms with Gasteiger partial charge in [-0.3, -0.25) is 20.4 Å². The number of hydrogen-bond acceptors (Lipinski definition) is 4. The molecule has 1 fully saturated rings. The van der Waals surface area contributed by atoms with Gasteiger partial charge in [0.2, 0.25) is 5.91 Å². The first-order valence-electron chi connectivity index (χ1n) is 7.45. The summed E-state index contributed by atoms with van der Waals surface area (Å²) in [7, 11) is 0. The number of carbonyl (C=O) groups is 2. The van der Waals surface area contributed by atoms with Crippen LogP contribution in [0.2, 0.25) is 0 Å². The molecule has 132 valence electrons. The van der Waals surface area contributed by atoms with Crippen LogP contribution < -0.4 is 10.9 Å². The smallest absolute Gasteiger partial charge is 0.273 e. The molecule has 2 atom stereocenters. The van der Waals surface area contributed by atoms with E-state index < -0.39 is 35.4 Å². The standard InChI is InChI=1S/C16H14F3N3O2S/c1-8-13(25-7-20-8)15(24)22-21-14(23)11-6-10(11)9-4-2-3-5-12(9)16(17,18)19/h2-5,7,10-11H,6H2,1H3,(H,21,23)(H,22,24). The Morgan fingerprint density at radius 3 is 2.60 bits per heavy atom. The fourth-order valence-electron chi connectivity index (χ4n) is 2.69. The molecule has 0 saturated heterocycles. The normalized spacial score (nSPS) is 19.4. The van der Waals surface area contributed by atoms with Crippen molar-refractivity contribution < 1.29 is 22.8 Å². The van der Waals surface area contributed by atoms with Crippen molar-refractivity contribution in [2.24, 2.45) is 5.92 Å². The number of hydrazine groups is 1. The highest BCUT2D eigenvalue weighted by molar-refractivity contribution is 7.11. The van der Waals surface area contributed by atoms with Crippen LogP contribution in [0.15, 0.2) is 29.8 Å². The highest BCUT2D eigenvalue weighted by atomic mass is 32.1. The number of aromatic nitrogens is 1. The zero-order valence-corrected chi connectivity index (χ0v) is 13.9. The quantitative estimate of drug-likeness (QED) is 0.817. The van der Waals surface area contributed by atoms with Gasteiger partial charge in [-0.05, 0) is 30.9 Å². The number of nitrogens with zero attached hydrogens (tertiary/aromatic N) is 1. The van der Waals surface area contributed by atoms with Crippen LogP contribution >= 0.6 is 11.3 Å². The molecular weight excluding hydrogens is 355 g/mol. The van der Waals surface area contributed by atoms with Gasteiger partial charge in [0.1, 0.15) is 4.88 Å². The minimum atomic E-state index is -4.46. The molecule has 1 aliphatic rings. The van der Waals surface area contributed by atoms with Crippen LogP contribution in [-0.2, 0) is 11.0 Å². The number of nitrogens with one attached hydrogen (secondary N) is 2. The molecule has 1 aromatic heterocycles. The number of aryl methyl sites for hydroxylation is 1. The number of alkyl halides is 3. The average Bonchev–Trinajstić information content (AvgIpc) is 3.25. The lowest BCUT2D eigenvalue weighted by molar-refractivity contribution is -0.138. The summed E-state index contributed by atoms with van der Waals surface area (Å²) in [6.45, 7) is 1.66. The Labute approximate surface area is 145 Å². The molecule has 5 nitrogen and oxygen atoms in total. The molecule has 2 N–H and O–H groups in total. The number of rotatable bonds is 3. The van der Waals surface area contributed by atoms with E-state index in [-0.39, 0.29) is 5.56 Å². The van der Waals surface area contributed by atoms with Gasteiger partial charge < -0.3 is 0 Å². The lowest BCUT2D eigenvalue weighted by atomic mass is 10.0. The molecule has 1 aliphatic carbocycles. The third-order valence-corrected chi connectivity index (χ3v) is 4.97. The summed E-state index contributed by atoms with van der Waals surface area (Å²) in [5.41, 5.74) is 5.99. The highest BCUT2D eigenvalue weighted by Gasteiger charge is 2.47. The SMILES string of the molecule is Cc1ncsc1C(=O)NNC(=O)C1CC1c1ccccc1C(F)(F)F. The van der Waals surface area contributed by atoms with E-state index in [0.717, 1.165) is 17.4 Å². The van der Waals surface area contributed by atoms with Gasteiger partial charge >= 0.3 is 6.18 Å². The fraction of sp³-hybridized carbons (Fsp3) is 0.312. The van der Waals surface area contributed by atoms with E-state index in [9.17, 15) is 22.8 Å². The Morgan fingerprint density at radius 2 is 1.96 bits per heavy atom. The lowest BCUT2D eigenvalue weighted by Gasteiger charge is -2.12. The predicted octanol–water partition coefficient (Wildman–Crippen LogP) is 3.04. The Balaban J connectivity index is 1.62. The van der Waals surface area contributed by atoms with Gasteiger partial charge in [-0.15, -0.1) is 11.3 Å². The zero-order valence-electron chi connectivity index (χ0n) is 13.1. The van der Waals surface area contributed by atoms with E-state index in [4.69, 9.17) is 0 Å². The lowest BCUT2D eigenvalue weighted by Crippen LogP contribution is -2.42. The minimum absolute atomic E-state index is 0.111. The van der Waals surface area contributed by atoms with Crippen LogP contribution in [0.25, 0.3) is 0 Å². The second kappa shape index (κ2) is 6.47. The summed E-state index contributed by atoms with van der Waals surface area (Å²) in [6.07, 6.45) is -4.15. The molecule has 0 radical (unpaired) electrons. The van der Waals surface area contributed by atoms with Gasteiger partial charge in [-0.1, -0.05) is 18.2 Å². The van der Waals surface area contributed by atoms with E-state index in [1.807, 2.05) is 0 Å². The minimum Gasteiger partial charge on any atom is -0.273 e. The molecule has 9 heteroatoms.